The van der Waals surface area contributed by atoms with Gasteiger partial charge in [0.1, 0.15) is 12.0 Å². The van der Waals surface area contributed by atoms with Gasteiger partial charge in [-0.15, -0.1) is 4.31 Å². The molecule has 12 heteroatoms. The first-order valence-electron chi connectivity index (χ1n) is 8.66. The highest BCUT2D eigenvalue weighted by Crippen LogP contribution is 2.27. The summed E-state index contributed by atoms with van der Waals surface area (Å²) in [6.45, 7) is 0.198. The molecule has 11 nitrogen and oxygen atoms in total. The Balaban J connectivity index is 1.60. The summed E-state index contributed by atoms with van der Waals surface area (Å²) in [5.41, 5.74) is 0.785. The highest BCUT2D eigenvalue weighted by atomic mass is 32.2. The van der Waals surface area contributed by atoms with Gasteiger partial charge < -0.3 is 14.1 Å². The Bertz CT molecular complexity index is 1330. The van der Waals surface area contributed by atoms with Crippen molar-refractivity contribution in [2.24, 2.45) is 0 Å². The number of hydrogen-bond acceptors (Lipinski definition) is 7. The lowest BCUT2D eigenvalue weighted by Gasteiger charge is -2.25. The van der Waals surface area contributed by atoms with Gasteiger partial charge in [-0.3, -0.25) is 4.79 Å². The van der Waals surface area contributed by atoms with Crippen LogP contribution in [-0.4, -0.2) is 44.2 Å². The molecule has 1 aliphatic heterocycles. The summed E-state index contributed by atoms with van der Waals surface area (Å²) in [5.74, 6) is 0.719. The topological polar surface area (TPSA) is 139 Å². The second kappa shape index (κ2) is 7.81. The molecule has 0 spiro atoms. The number of rotatable bonds is 4. The quantitative estimate of drug-likeness (QED) is 0.600. The molecule has 3 aromatic rings. The molecule has 0 atom stereocenters. The van der Waals surface area contributed by atoms with Crippen molar-refractivity contribution < 1.29 is 27.5 Å². The van der Waals surface area contributed by atoms with Gasteiger partial charge in [-0.25, -0.2) is 9.78 Å². The van der Waals surface area contributed by atoms with E-state index in [2.05, 4.69) is 21.9 Å². The molecule has 1 aromatic carbocycles. The van der Waals surface area contributed by atoms with E-state index in [0.29, 0.717) is 14.2 Å². The van der Waals surface area contributed by atoms with Gasteiger partial charge in [0.2, 0.25) is 0 Å². The van der Waals surface area contributed by atoms with Crippen LogP contribution in [0.15, 0.2) is 65.9 Å². The molecular formula is C19H13N5O6S. The molecule has 1 amide bonds. The van der Waals surface area contributed by atoms with Gasteiger partial charge in [-0.2, -0.15) is 17.7 Å². The maximum absolute atomic E-state index is 12.9. The summed E-state index contributed by atoms with van der Waals surface area (Å²) in [6, 6.07) is 7.73. The van der Waals surface area contributed by atoms with Crippen molar-refractivity contribution in [3.05, 3.63) is 67.1 Å². The van der Waals surface area contributed by atoms with E-state index in [1.165, 1.54) is 36.9 Å². The Labute approximate surface area is 176 Å². The van der Waals surface area contributed by atoms with Crippen molar-refractivity contribution in [1.82, 2.24) is 18.8 Å². The molecule has 0 saturated heterocycles. The number of carbonyl (C=O) groups excluding carboxylic acids is 1. The fraction of sp³-hybridized carbons (Fsp3) is 0.0526. The van der Waals surface area contributed by atoms with Crippen LogP contribution in [-0.2, 0) is 21.5 Å². The Morgan fingerprint density at radius 2 is 2.00 bits per heavy atom. The normalized spacial score (nSPS) is 14.9. The standard InChI is InChI=1S/C19H13N5O6S/c25-17-6-10-23(9-1-8-22-11-7-20-13-22)31(28,29)24(17)19-21-16(12-30-19)14-2-4-15(5-3-14)18(26)27/h2-7,10-13H,8H2,(H,26,27). The van der Waals surface area contributed by atoms with E-state index in [4.69, 9.17) is 9.52 Å². The zero-order valence-corrected chi connectivity index (χ0v) is 16.4. The lowest BCUT2D eigenvalue weighted by atomic mass is 10.1. The van der Waals surface area contributed by atoms with Crippen molar-refractivity contribution >= 4 is 28.1 Å². The molecule has 0 radical (unpaired) electrons. The number of oxazole rings is 1. The van der Waals surface area contributed by atoms with Crippen LogP contribution in [0.25, 0.3) is 11.3 Å². The molecule has 0 saturated carbocycles. The minimum atomic E-state index is -4.40. The van der Waals surface area contributed by atoms with Gasteiger partial charge in [-0.1, -0.05) is 18.1 Å². The van der Waals surface area contributed by atoms with Crippen molar-refractivity contribution in [2.75, 3.05) is 4.31 Å². The number of carboxylic acid groups (broad SMARTS) is 1. The van der Waals surface area contributed by atoms with E-state index >= 15 is 0 Å². The first kappa shape index (κ1) is 19.9. The van der Waals surface area contributed by atoms with Crippen LogP contribution in [0.4, 0.5) is 6.01 Å². The smallest absolute Gasteiger partial charge is 0.347 e. The molecule has 0 bridgehead atoms. The van der Waals surface area contributed by atoms with Gasteiger partial charge in [0, 0.05) is 36.3 Å². The Morgan fingerprint density at radius 3 is 2.68 bits per heavy atom. The minimum absolute atomic E-state index is 0.0799. The van der Waals surface area contributed by atoms with Crippen LogP contribution in [0, 0.1) is 12.0 Å². The number of aromatic nitrogens is 3. The molecule has 0 unspecified atom stereocenters. The Kier molecular flexibility index (Phi) is 5.02. The summed E-state index contributed by atoms with van der Waals surface area (Å²) in [7, 11) is -4.40. The molecule has 156 valence electrons. The van der Waals surface area contributed by atoms with Crippen LogP contribution in [0.2, 0.25) is 0 Å². The van der Waals surface area contributed by atoms with Crippen LogP contribution in [0.5, 0.6) is 0 Å². The van der Waals surface area contributed by atoms with E-state index in [1.807, 2.05) is 0 Å². The van der Waals surface area contributed by atoms with E-state index < -0.39 is 28.1 Å². The van der Waals surface area contributed by atoms with E-state index in [9.17, 15) is 18.0 Å². The molecule has 0 fully saturated rings. The maximum Gasteiger partial charge on any atom is 0.347 e. The van der Waals surface area contributed by atoms with E-state index in [0.717, 1.165) is 12.3 Å². The maximum atomic E-state index is 12.9. The third-order valence-electron chi connectivity index (χ3n) is 4.14. The number of anilines is 1. The zero-order valence-electron chi connectivity index (χ0n) is 15.6. The zero-order chi connectivity index (χ0) is 22.0. The van der Waals surface area contributed by atoms with Gasteiger partial charge in [0.15, 0.2) is 0 Å². The summed E-state index contributed by atoms with van der Waals surface area (Å²) < 4.78 is 33.7. The van der Waals surface area contributed by atoms with Crippen molar-refractivity contribution in [3.8, 4) is 23.2 Å². The Morgan fingerprint density at radius 1 is 1.23 bits per heavy atom. The van der Waals surface area contributed by atoms with Crippen LogP contribution in [0.3, 0.4) is 0 Å². The van der Waals surface area contributed by atoms with Crippen molar-refractivity contribution in [3.63, 3.8) is 0 Å². The number of imidazole rings is 1. The summed E-state index contributed by atoms with van der Waals surface area (Å²) in [4.78, 5) is 31.2. The minimum Gasteiger partial charge on any atom is -0.478 e. The van der Waals surface area contributed by atoms with Crippen LogP contribution >= 0.6 is 0 Å². The molecule has 1 aliphatic rings. The monoisotopic (exact) mass is 439 g/mol. The first-order valence-corrected chi connectivity index (χ1v) is 10.1. The van der Waals surface area contributed by atoms with Crippen molar-refractivity contribution in [1.29, 1.82) is 0 Å². The number of carbonyl (C=O) groups is 2. The number of aromatic carboxylic acids is 1. The highest BCUT2D eigenvalue weighted by molar-refractivity contribution is 7.91. The number of nitrogens with zero attached hydrogens (tertiary/aromatic N) is 5. The van der Waals surface area contributed by atoms with Crippen LogP contribution < -0.4 is 4.31 Å². The largest absolute Gasteiger partial charge is 0.478 e. The van der Waals surface area contributed by atoms with E-state index in [-0.39, 0.29) is 17.8 Å². The predicted octanol–water partition coefficient (Wildman–Crippen LogP) is 1.30. The number of hydrogen-bond donors (Lipinski definition) is 1. The second-order valence-electron chi connectivity index (χ2n) is 6.14. The number of carboxylic acids is 1. The molecule has 4 rings (SSSR count). The number of benzene rings is 1. The number of amides is 1. The molecule has 3 heterocycles. The third kappa shape index (κ3) is 3.89. The highest BCUT2D eigenvalue weighted by Gasteiger charge is 2.39. The van der Waals surface area contributed by atoms with Crippen molar-refractivity contribution in [2.45, 2.75) is 6.54 Å². The fourth-order valence-electron chi connectivity index (χ4n) is 2.62. The Hall–Kier alpha value is -4.37. The van der Waals surface area contributed by atoms with E-state index in [1.54, 1.807) is 17.0 Å². The lowest BCUT2D eigenvalue weighted by Crippen LogP contribution is -2.46. The van der Waals surface area contributed by atoms with Crippen LogP contribution in [0.1, 0.15) is 10.4 Å². The summed E-state index contributed by atoms with van der Waals surface area (Å²) in [6.07, 6.45) is 8.00. The molecule has 31 heavy (non-hydrogen) atoms. The third-order valence-corrected chi connectivity index (χ3v) is 5.64. The lowest BCUT2D eigenvalue weighted by molar-refractivity contribution is -0.113. The molecule has 2 aromatic heterocycles. The van der Waals surface area contributed by atoms with Gasteiger partial charge in [-0.05, 0) is 12.1 Å². The summed E-state index contributed by atoms with van der Waals surface area (Å²) in [5, 5.41) is 8.98. The molecule has 1 N–H and O–H groups in total. The first-order chi connectivity index (χ1) is 14.9. The second-order valence-corrected chi connectivity index (χ2v) is 7.80. The molecule has 0 aliphatic carbocycles. The van der Waals surface area contributed by atoms with Gasteiger partial charge in [0.25, 0.3) is 5.91 Å². The SMILES string of the molecule is O=C(O)c1ccc(-c2coc(N3C(=O)C=CN(C#CCn4ccnc4)S3(=O)=O)n2)cc1. The predicted molar refractivity (Wildman–Crippen MR) is 106 cm³/mol. The fourth-order valence-corrected chi connectivity index (χ4v) is 3.76. The van der Waals surface area contributed by atoms with Gasteiger partial charge in [0.05, 0.1) is 18.4 Å². The summed E-state index contributed by atoms with van der Waals surface area (Å²) >= 11 is 0. The van der Waals surface area contributed by atoms with Gasteiger partial charge >= 0.3 is 22.2 Å². The average Bonchev–Trinajstić information content (AvgIpc) is 3.42. The average molecular weight is 439 g/mol. The molecular weight excluding hydrogens is 426 g/mol.